The Balaban J connectivity index is 1.36. The normalized spacial score (nSPS) is 13.9. The van der Waals surface area contributed by atoms with E-state index in [-0.39, 0.29) is 36.0 Å². The van der Waals surface area contributed by atoms with Crippen molar-refractivity contribution in [2.24, 2.45) is 0 Å². The van der Waals surface area contributed by atoms with Crippen molar-refractivity contribution in [2.45, 2.75) is 39.2 Å². The Morgan fingerprint density at radius 3 is 2.27 bits per heavy atom. The van der Waals surface area contributed by atoms with Crippen molar-refractivity contribution in [3.63, 3.8) is 0 Å². The third kappa shape index (κ3) is 7.95. The number of carbonyl (C=O) groups excluding carboxylic acids is 3. The molecule has 0 aliphatic carbocycles. The monoisotopic (exact) mass is 606 g/mol. The average molecular weight is 607 g/mol. The zero-order chi connectivity index (χ0) is 31.8. The largest absolute Gasteiger partial charge is 0.369 e. The van der Waals surface area contributed by atoms with Gasteiger partial charge in [-0.3, -0.25) is 14.4 Å². The van der Waals surface area contributed by atoms with Crippen LogP contribution in [0.25, 0.3) is 0 Å². The van der Waals surface area contributed by atoms with E-state index < -0.39 is 0 Å². The lowest BCUT2D eigenvalue weighted by Crippen LogP contribution is -2.38. The molecule has 1 aliphatic rings. The predicted octanol–water partition coefficient (Wildman–Crippen LogP) is 6.55. The lowest BCUT2D eigenvalue weighted by atomic mass is 9.95. The van der Waals surface area contributed by atoms with Gasteiger partial charge >= 0.3 is 0 Å². The minimum Gasteiger partial charge on any atom is -0.369 e. The number of nitrogens with one attached hydrogen (secondary N) is 2. The molecule has 232 valence electrons. The molecule has 2 N–H and O–H groups in total. The van der Waals surface area contributed by atoms with Crippen LogP contribution in [0, 0.1) is 12.7 Å². The Kier molecular flexibility index (Phi) is 10.2. The van der Waals surface area contributed by atoms with Crippen LogP contribution in [0.4, 0.5) is 15.8 Å². The maximum absolute atomic E-state index is 13.6. The lowest BCUT2D eigenvalue weighted by Gasteiger charge is -2.28. The lowest BCUT2D eigenvalue weighted by molar-refractivity contribution is -0.132. The molecule has 45 heavy (non-hydrogen) atoms. The molecule has 1 heterocycles. The molecule has 0 radical (unpaired) electrons. The smallest absolute Gasteiger partial charge is 0.255 e. The topological polar surface area (TPSA) is 81.8 Å². The molecule has 1 saturated heterocycles. The standard InChI is InChI=1S/C37H39FN4O3/c1-3-32(28-8-5-4-6-9-28)37(45)42-21-7-20-41(22-23-42)34-19-18-31(40-35(43)29-14-10-26(2)11-15-29)24-33(34)36(44)39-25-27-12-16-30(38)17-13-27/h4-6,8-19,24,32H,3,7,20-23,25H2,1-2H3,(H,39,44)(H,40,43). The van der Waals surface area contributed by atoms with Gasteiger partial charge in [-0.1, -0.05) is 67.1 Å². The van der Waals surface area contributed by atoms with Crippen molar-refractivity contribution >= 4 is 29.1 Å². The summed E-state index contributed by atoms with van der Waals surface area (Å²) in [5.41, 5.74) is 5.00. The molecule has 1 atom stereocenters. The molecule has 0 bridgehead atoms. The van der Waals surface area contributed by atoms with Crippen molar-refractivity contribution in [2.75, 3.05) is 36.4 Å². The van der Waals surface area contributed by atoms with Crippen LogP contribution in [0.5, 0.6) is 0 Å². The molecule has 0 spiro atoms. The molecule has 0 saturated carbocycles. The number of rotatable bonds is 9. The predicted molar refractivity (Wildman–Crippen MR) is 176 cm³/mol. The molecule has 7 nitrogen and oxygen atoms in total. The fraction of sp³-hybridized carbons (Fsp3) is 0.270. The molecule has 3 amide bonds. The van der Waals surface area contributed by atoms with Gasteiger partial charge in [-0.2, -0.15) is 0 Å². The molecule has 8 heteroatoms. The van der Waals surface area contributed by atoms with E-state index in [1.165, 1.54) is 12.1 Å². The van der Waals surface area contributed by atoms with Crippen molar-refractivity contribution in [1.82, 2.24) is 10.2 Å². The molecule has 4 aromatic rings. The second kappa shape index (κ2) is 14.7. The van der Waals surface area contributed by atoms with E-state index in [1.807, 2.05) is 67.3 Å². The van der Waals surface area contributed by atoms with Crippen molar-refractivity contribution in [3.8, 4) is 0 Å². The Morgan fingerprint density at radius 2 is 1.56 bits per heavy atom. The van der Waals surface area contributed by atoms with Crippen LogP contribution in [0.1, 0.15) is 63.1 Å². The highest BCUT2D eigenvalue weighted by molar-refractivity contribution is 6.06. The first kappa shape index (κ1) is 31.4. The van der Waals surface area contributed by atoms with Gasteiger partial charge in [0.05, 0.1) is 11.5 Å². The summed E-state index contributed by atoms with van der Waals surface area (Å²) in [6.45, 7) is 6.61. The maximum Gasteiger partial charge on any atom is 0.255 e. The first-order valence-electron chi connectivity index (χ1n) is 15.5. The molecule has 4 aromatic carbocycles. The van der Waals surface area contributed by atoms with Crippen LogP contribution in [0.3, 0.4) is 0 Å². The van der Waals surface area contributed by atoms with Gasteiger partial charge in [-0.25, -0.2) is 4.39 Å². The highest BCUT2D eigenvalue weighted by Gasteiger charge is 2.27. The molecular formula is C37H39FN4O3. The van der Waals surface area contributed by atoms with Crippen LogP contribution in [-0.2, 0) is 11.3 Å². The molecule has 1 unspecified atom stereocenters. The van der Waals surface area contributed by atoms with Gasteiger partial charge in [0.1, 0.15) is 5.82 Å². The van der Waals surface area contributed by atoms with E-state index >= 15 is 0 Å². The summed E-state index contributed by atoms with van der Waals surface area (Å²) in [4.78, 5) is 44.3. The fourth-order valence-corrected chi connectivity index (χ4v) is 5.70. The van der Waals surface area contributed by atoms with Gasteiger partial charge in [0.15, 0.2) is 0 Å². The summed E-state index contributed by atoms with van der Waals surface area (Å²) in [7, 11) is 0. The number of carbonyl (C=O) groups is 3. The molecule has 1 fully saturated rings. The quantitative estimate of drug-likeness (QED) is 0.227. The first-order chi connectivity index (χ1) is 21.8. The zero-order valence-corrected chi connectivity index (χ0v) is 25.8. The van der Waals surface area contributed by atoms with Gasteiger partial charge < -0.3 is 20.4 Å². The number of benzene rings is 4. The number of halogens is 1. The van der Waals surface area contributed by atoms with Gasteiger partial charge in [-0.05, 0) is 73.4 Å². The van der Waals surface area contributed by atoms with Crippen LogP contribution in [0.2, 0.25) is 0 Å². The van der Waals surface area contributed by atoms with E-state index in [1.54, 1.807) is 36.4 Å². The van der Waals surface area contributed by atoms with Crippen LogP contribution >= 0.6 is 0 Å². The van der Waals surface area contributed by atoms with Crippen LogP contribution < -0.4 is 15.5 Å². The highest BCUT2D eigenvalue weighted by Crippen LogP contribution is 2.28. The molecular weight excluding hydrogens is 567 g/mol. The van der Waals surface area contributed by atoms with E-state index in [0.717, 1.165) is 35.2 Å². The van der Waals surface area contributed by atoms with E-state index in [0.29, 0.717) is 43.0 Å². The van der Waals surface area contributed by atoms with Gasteiger partial charge in [0, 0.05) is 49.7 Å². The van der Waals surface area contributed by atoms with Gasteiger partial charge in [0.2, 0.25) is 5.91 Å². The number of amides is 3. The summed E-state index contributed by atoms with van der Waals surface area (Å²) in [5.74, 6) is -0.993. The second-order valence-electron chi connectivity index (χ2n) is 11.4. The van der Waals surface area contributed by atoms with E-state index in [9.17, 15) is 18.8 Å². The number of anilines is 2. The average Bonchev–Trinajstić information content (AvgIpc) is 3.32. The highest BCUT2D eigenvalue weighted by atomic mass is 19.1. The zero-order valence-electron chi connectivity index (χ0n) is 25.8. The first-order valence-corrected chi connectivity index (χ1v) is 15.5. The number of nitrogens with zero attached hydrogens (tertiary/aromatic N) is 2. The number of hydrogen-bond donors (Lipinski definition) is 2. The van der Waals surface area contributed by atoms with Crippen LogP contribution in [-0.4, -0.2) is 48.8 Å². The summed E-state index contributed by atoms with van der Waals surface area (Å²) in [5, 5.41) is 5.87. The maximum atomic E-state index is 13.6. The van der Waals surface area contributed by atoms with Gasteiger partial charge in [0.25, 0.3) is 11.8 Å². The fourth-order valence-electron chi connectivity index (χ4n) is 5.70. The van der Waals surface area contributed by atoms with Gasteiger partial charge in [-0.15, -0.1) is 0 Å². The summed E-state index contributed by atoms with van der Waals surface area (Å²) >= 11 is 0. The number of hydrogen-bond acceptors (Lipinski definition) is 4. The third-order valence-corrected chi connectivity index (χ3v) is 8.24. The third-order valence-electron chi connectivity index (χ3n) is 8.24. The van der Waals surface area contributed by atoms with E-state index in [2.05, 4.69) is 15.5 Å². The Hall–Kier alpha value is -4.98. The molecule has 5 rings (SSSR count). The summed E-state index contributed by atoms with van der Waals surface area (Å²) < 4.78 is 13.4. The molecule has 1 aliphatic heterocycles. The Labute approximate surface area is 264 Å². The second-order valence-corrected chi connectivity index (χ2v) is 11.4. The SMILES string of the molecule is CCC(C(=O)N1CCCN(c2ccc(NC(=O)c3ccc(C)cc3)cc2C(=O)NCc2ccc(F)cc2)CC1)c1ccccc1. The van der Waals surface area contributed by atoms with Crippen molar-refractivity contribution < 1.29 is 18.8 Å². The molecule has 0 aromatic heterocycles. The van der Waals surface area contributed by atoms with Crippen LogP contribution in [0.15, 0.2) is 97.1 Å². The number of aryl methyl sites for hydroxylation is 1. The summed E-state index contributed by atoms with van der Waals surface area (Å²) in [6, 6.07) is 28.5. The van der Waals surface area contributed by atoms with E-state index in [4.69, 9.17) is 0 Å². The minimum atomic E-state index is -0.341. The van der Waals surface area contributed by atoms with Crippen molar-refractivity contribution in [3.05, 3.63) is 131 Å². The Bertz CT molecular complexity index is 1620. The van der Waals surface area contributed by atoms with Crippen molar-refractivity contribution in [1.29, 1.82) is 0 Å². The minimum absolute atomic E-state index is 0.122. The Morgan fingerprint density at radius 1 is 0.822 bits per heavy atom. The summed E-state index contributed by atoms with van der Waals surface area (Å²) in [6.07, 6.45) is 1.47.